The van der Waals surface area contributed by atoms with Gasteiger partial charge in [-0.25, -0.2) is 12.4 Å². The molecule has 0 aliphatic carbocycles. The average molecular weight is 387 g/mol. The number of nitrogens with one attached hydrogen (secondary N) is 1. The first-order valence-electron chi connectivity index (χ1n) is 8.44. The lowest BCUT2D eigenvalue weighted by atomic mass is 10.1. The molecule has 2 heterocycles. The zero-order valence-electron chi connectivity index (χ0n) is 14.6. The van der Waals surface area contributed by atoms with Crippen LogP contribution < -0.4 is 5.32 Å². The van der Waals surface area contributed by atoms with E-state index >= 15 is 0 Å². The van der Waals surface area contributed by atoms with Gasteiger partial charge in [0.25, 0.3) is 10.0 Å². The summed E-state index contributed by atoms with van der Waals surface area (Å²) >= 11 is 0. The zero-order chi connectivity index (χ0) is 19.3. The number of hydrogen-bond acceptors (Lipinski definition) is 6. The molecule has 1 atom stereocenters. The van der Waals surface area contributed by atoms with Crippen molar-refractivity contribution in [3.8, 4) is 11.3 Å². The summed E-state index contributed by atoms with van der Waals surface area (Å²) in [5, 5.41) is 21.3. The van der Waals surface area contributed by atoms with Crippen LogP contribution in [-0.4, -0.2) is 46.8 Å². The molecular formula is C19H21N3O4S. The Bertz CT molecular complexity index is 973. The number of benzene rings is 1. The molecule has 0 bridgehead atoms. The second kappa shape index (κ2) is 8.45. The summed E-state index contributed by atoms with van der Waals surface area (Å²) < 4.78 is 27.4. The van der Waals surface area contributed by atoms with E-state index in [1.165, 1.54) is 22.4 Å². The van der Waals surface area contributed by atoms with Crippen LogP contribution in [-0.2, 0) is 16.6 Å². The van der Waals surface area contributed by atoms with E-state index < -0.39 is 16.1 Å². The Kier molecular flexibility index (Phi) is 6.02. The fraction of sp³-hybridized carbons (Fsp3) is 0.211. The fourth-order valence-electron chi connectivity index (χ4n) is 2.67. The van der Waals surface area contributed by atoms with Crippen LogP contribution in [0, 0.1) is 0 Å². The predicted molar refractivity (Wildman–Crippen MR) is 101 cm³/mol. The standard InChI is InChI=1S/C19H21N3O4S/c23-14-17(24)11-21-10-15-9-19(16-5-2-1-3-6-16)22(13-15)27(25,26)18-7-4-8-20-12-18/h1-9,12-13,17,21,23-24H,10-11,14H2. The quantitative estimate of drug-likeness (QED) is 0.537. The molecule has 3 aromatic rings. The molecule has 0 amide bonds. The second-order valence-electron chi connectivity index (χ2n) is 6.06. The van der Waals surface area contributed by atoms with Gasteiger partial charge in [0.2, 0.25) is 0 Å². The Morgan fingerprint density at radius 1 is 1.15 bits per heavy atom. The molecular weight excluding hydrogens is 366 g/mol. The first-order valence-corrected chi connectivity index (χ1v) is 9.88. The van der Waals surface area contributed by atoms with Gasteiger partial charge >= 0.3 is 0 Å². The van der Waals surface area contributed by atoms with Crippen LogP contribution in [0.25, 0.3) is 11.3 Å². The van der Waals surface area contributed by atoms with Crippen molar-refractivity contribution < 1.29 is 18.6 Å². The van der Waals surface area contributed by atoms with Crippen molar-refractivity contribution in [3.05, 3.63) is 72.7 Å². The maximum absolute atomic E-state index is 13.1. The summed E-state index contributed by atoms with van der Waals surface area (Å²) in [5.74, 6) is 0. The third-order valence-corrected chi connectivity index (χ3v) is 5.68. The number of aliphatic hydroxyl groups is 2. The molecule has 0 saturated carbocycles. The minimum atomic E-state index is -3.81. The van der Waals surface area contributed by atoms with Crippen LogP contribution in [0.5, 0.6) is 0 Å². The smallest absolute Gasteiger partial charge is 0.269 e. The van der Waals surface area contributed by atoms with Gasteiger partial charge in [-0.3, -0.25) is 4.98 Å². The number of nitrogens with zero attached hydrogens (tertiary/aromatic N) is 2. The average Bonchev–Trinajstić information content (AvgIpc) is 3.14. The number of pyridine rings is 1. The molecule has 0 radical (unpaired) electrons. The maximum Gasteiger partial charge on any atom is 0.269 e. The van der Waals surface area contributed by atoms with Crippen LogP contribution in [0.3, 0.4) is 0 Å². The molecule has 8 heteroatoms. The van der Waals surface area contributed by atoms with E-state index in [4.69, 9.17) is 5.11 Å². The molecule has 2 aromatic heterocycles. The summed E-state index contributed by atoms with van der Waals surface area (Å²) in [6, 6.07) is 14.1. The maximum atomic E-state index is 13.1. The van der Waals surface area contributed by atoms with Crippen molar-refractivity contribution >= 4 is 10.0 Å². The third-order valence-electron chi connectivity index (χ3n) is 4.02. The van der Waals surface area contributed by atoms with Crippen molar-refractivity contribution in [1.29, 1.82) is 0 Å². The Balaban J connectivity index is 1.99. The van der Waals surface area contributed by atoms with Gasteiger partial charge in [-0.15, -0.1) is 0 Å². The summed E-state index contributed by atoms with van der Waals surface area (Å²) in [7, 11) is -3.81. The van der Waals surface area contributed by atoms with Crippen LogP contribution in [0.15, 0.2) is 72.0 Å². The highest BCUT2D eigenvalue weighted by Gasteiger charge is 2.22. The highest BCUT2D eigenvalue weighted by Crippen LogP contribution is 2.26. The zero-order valence-corrected chi connectivity index (χ0v) is 15.4. The van der Waals surface area contributed by atoms with E-state index in [2.05, 4.69) is 10.3 Å². The van der Waals surface area contributed by atoms with Gasteiger partial charge in [-0.1, -0.05) is 30.3 Å². The highest BCUT2D eigenvalue weighted by molar-refractivity contribution is 7.90. The topological polar surface area (TPSA) is 104 Å². The van der Waals surface area contributed by atoms with E-state index in [1.54, 1.807) is 18.3 Å². The molecule has 27 heavy (non-hydrogen) atoms. The highest BCUT2D eigenvalue weighted by atomic mass is 32.2. The first-order chi connectivity index (χ1) is 13.0. The van der Waals surface area contributed by atoms with E-state index in [1.807, 2.05) is 30.3 Å². The molecule has 0 aliphatic rings. The van der Waals surface area contributed by atoms with Crippen molar-refractivity contribution in [2.75, 3.05) is 13.2 Å². The third kappa shape index (κ3) is 4.42. The van der Waals surface area contributed by atoms with Crippen molar-refractivity contribution in [2.24, 2.45) is 0 Å². The van der Waals surface area contributed by atoms with Gasteiger partial charge in [0.1, 0.15) is 4.90 Å². The lowest BCUT2D eigenvalue weighted by Gasteiger charge is -2.10. The van der Waals surface area contributed by atoms with E-state index in [0.717, 1.165) is 11.1 Å². The molecule has 0 spiro atoms. The van der Waals surface area contributed by atoms with Crippen molar-refractivity contribution in [3.63, 3.8) is 0 Å². The van der Waals surface area contributed by atoms with E-state index in [9.17, 15) is 13.5 Å². The molecule has 0 saturated heterocycles. The molecule has 0 aliphatic heterocycles. The second-order valence-corrected chi connectivity index (χ2v) is 7.87. The number of aliphatic hydroxyl groups excluding tert-OH is 2. The van der Waals surface area contributed by atoms with Crippen molar-refractivity contribution in [2.45, 2.75) is 17.5 Å². The normalized spacial score (nSPS) is 12.8. The molecule has 0 fully saturated rings. The van der Waals surface area contributed by atoms with Gasteiger partial charge in [0.15, 0.2) is 0 Å². The summed E-state index contributed by atoms with van der Waals surface area (Å²) in [5.41, 5.74) is 2.05. The first kappa shape index (κ1) is 19.2. The lowest BCUT2D eigenvalue weighted by Crippen LogP contribution is -2.28. The summed E-state index contributed by atoms with van der Waals surface area (Å²) in [4.78, 5) is 4.01. The van der Waals surface area contributed by atoms with Crippen LogP contribution in [0.4, 0.5) is 0 Å². The van der Waals surface area contributed by atoms with E-state index in [0.29, 0.717) is 12.2 Å². The Morgan fingerprint density at radius 2 is 1.93 bits per heavy atom. The van der Waals surface area contributed by atoms with Crippen LogP contribution >= 0.6 is 0 Å². The number of hydrogen-bond donors (Lipinski definition) is 3. The summed E-state index contributed by atoms with van der Waals surface area (Å²) in [6.07, 6.45) is 3.54. The predicted octanol–water partition coefficient (Wildman–Crippen LogP) is 1.23. The molecule has 1 unspecified atom stereocenters. The van der Waals surface area contributed by atoms with Crippen LogP contribution in [0.2, 0.25) is 0 Å². The Hall–Kier alpha value is -2.52. The fourth-order valence-corrected chi connectivity index (χ4v) is 4.04. The van der Waals surface area contributed by atoms with Gasteiger partial charge in [0, 0.05) is 31.7 Å². The van der Waals surface area contributed by atoms with Crippen LogP contribution in [0.1, 0.15) is 5.56 Å². The molecule has 7 nitrogen and oxygen atoms in total. The van der Waals surface area contributed by atoms with Gasteiger partial charge in [0.05, 0.1) is 18.4 Å². The largest absolute Gasteiger partial charge is 0.394 e. The Morgan fingerprint density at radius 3 is 2.59 bits per heavy atom. The SMILES string of the molecule is O=S(=O)(c1cccnc1)n1cc(CNCC(O)CO)cc1-c1ccccc1. The molecule has 3 N–H and O–H groups in total. The molecule has 142 valence electrons. The van der Waals surface area contributed by atoms with Gasteiger partial charge in [-0.05, 0) is 29.3 Å². The monoisotopic (exact) mass is 387 g/mol. The van der Waals surface area contributed by atoms with Gasteiger partial charge < -0.3 is 15.5 Å². The summed E-state index contributed by atoms with van der Waals surface area (Å²) in [6.45, 7) is 0.225. The number of rotatable bonds is 8. The van der Waals surface area contributed by atoms with Gasteiger partial charge in [-0.2, -0.15) is 0 Å². The lowest BCUT2D eigenvalue weighted by molar-refractivity contribution is 0.0942. The van der Waals surface area contributed by atoms with Crippen molar-refractivity contribution in [1.82, 2.24) is 14.3 Å². The minimum Gasteiger partial charge on any atom is -0.394 e. The molecule has 3 rings (SSSR count). The Labute approximate surface area is 158 Å². The minimum absolute atomic E-state index is 0.105. The number of aromatic nitrogens is 2. The van der Waals surface area contributed by atoms with E-state index in [-0.39, 0.29) is 18.0 Å². The molecule has 1 aromatic carbocycles.